The second kappa shape index (κ2) is 9.28. The standard InChI is InChI=1S/C28H35FN4O6/c1-11(2)33-7-5-6-16(33)13-10-17(34)19-14(21(13)29)8-12-9-15-22(32(3)4)24(36)20(27(31)38)25(30)28(15,39)26(37)18(12)23(19)35/h10-12,15-16,18,20,22,30,34,39H,5-9H2,1-4H3,(H2,31,38). The normalized spacial score (nSPS) is 34.9. The number of Topliss-reactive ketones (excluding diaryl/α,β-unsaturated/α-hetero) is 3. The Hall–Kier alpha value is -3.02. The molecule has 3 aliphatic carbocycles. The van der Waals surface area contributed by atoms with E-state index in [9.17, 15) is 29.4 Å². The molecule has 0 aromatic heterocycles. The summed E-state index contributed by atoms with van der Waals surface area (Å²) in [5.74, 6) is -9.84. The third-order valence-electron chi connectivity index (χ3n) is 9.40. The smallest absolute Gasteiger partial charge is 0.233 e. The van der Waals surface area contributed by atoms with E-state index in [-0.39, 0.29) is 36.1 Å². The summed E-state index contributed by atoms with van der Waals surface area (Å²) in [6, 6.07) is 0.0499. The van der Waals surface area contributed by atoms with Crippen LogP contribution in [0.2, 0.25) is 0 Å². The topological polar surface area (TPSA) is 165 Å². The van der Waals surface area contributed by atoms with Crippen molar-refractivity contribution >= 4 is 29.0 Å². The molecule has 1 aromatic rings. The fourth-order valence-corrected chi connectivity index (χ4v) is 7.71. The van der Waals surface area contributed by atoms with Crippen LogP contribution in [0.15, 0.2) is 6.07 Å². The predicted molar refractivity (Wildman–Crippen MR) is 138 cm³/mol. The average molecular weight is 543 g/mol. The van der Waals surface area contributed by atoms with Gasteiger partial charge >= 0.3 is 0 Å². The summed E-state index contributed by atoms with van der Waals surface area (Å²) in [6.45, 7) is 4.82. The van der Waals surface area contributed by atoms with Gasteiger partial charge in [0.15, 0.2) is 23.0 Å². The van der Waals surface area contributed by atoms with E-state index in [1.54, 1.807) is 14.1 Å². The number of nitrogens with two attached hydrogens (primary N) is 1. The van der Waals surface area contributed by atoms with Gasteiger partial charge in [0.25, 0.3) is 0 Å². The lowest BCUT2D eigenvalue weighted by Crippen LogP contribution is -2.73. The molecule has 39 heavy (non-hydrogen) atoms. The minimum absolute atomic E-state index is 0.0352. The van der Waals surface area contributed by atoms with Crippen LogP contribution < -0.4 is 5.73 Å². The minimum Gasteiger partial charge on any atom is -0.507 e. The highest BCUT2D eigenvalue weighted by Gasteiger charge is 2.67. The first-order chi connectivity index (χ1) is 18.2. The maximum absolute atomic E-state index is 16.2. The van der Waals surface area contributed by atoms with Gasteiger partial charge in [-0.1, -0.05) is 0 Å². The zero-order valence-corrected chi connectivity index (χ0v) is 22.5. The van der Waals surface area contributed by atoms with Crippen LogP contribution in [0.25, 0.3) is 0 Å². The molecule has 0 radical (unpaired) electrons. The van der Waals surface area contributed by atoms with Crippen molar-refractivity contribution in [3.8, 4) is 5.75 Å². The number of aliphatic hydroxyl groups is 1. The average Bonchev–Trinajstić information content (AvgIpc) is 3.33. The molecule has 210 valence electrons. The molecule has 11 heteroatoms. The number of phenols is 1. The van der Waals surface area contributed by atoms with E-state index in [0.717, 1.165) is 13.0 Å². The molecule has 7 atom stereocenters. The lowest BCUT2D eigenvalue weighted by atomic mass is 9.52. The molecule has 10 nitrogen and oxygen atoms in total. The number of carbonyl (C=O) groups is 4. The van der Waals surface area contributed by atoms with Crippen molar-refractivity contribution in [3.05, 3.63) is 28.6 Å². The number of carbonyl (C=O) groups excluding carboxylic acids is 4. The Morgan fingerprint density at radius 3 is 2.54 bits per heavy atom. The Balaban J connectivity index is 1.61. The van der Waals surface area contributed by atoms with E-state index in [4.69, 9.17) is 11.1 Å². The van der Waals surface area contributed by atoms with E-state index in [1.807, 2.05) is 13.8 Å². The van der Waals surface area contributed by atoms with Gasteiger partial charge < -0.3 is 21.4 Å². The van der Waals surface area contributed by atoms with E-state index in [0.29, 0.717) is 12.0 Å². The highest BCUT2D eigenvalue weighted by atomic mass is 19.1. The molecule has 0 bridgehead atoms. The van der Waals surface area contributed by atoms with Gasteiger partial charge in [-0.15, -0.1) is 0 Å². The molecular formula is C28H35FN4O6. The van der Waals surface area contributed by atoms with Gasteiger partial charge in [0, 0.05) is 29.1 Å². The Morgan fingerprint density at radius 1 is 1.28 bits per heavy atom. The summed E-state index contributed by atoms with van der Waals surface area (Å²) in [7, 11) is 3.11. The molecule has 1 aliphatic heterocycles. The number of hydrogen-bond acceptors (Lipinski definition) is 9. The van der Waals surface area contributed by atoms with Gasteiger partial charge in [-0.3, -0.25) is 29.0 Å². The molecule has 5 N–H and O–H groups in total. The quantitative estimate of drug-likeness (QED) is 0.409. The van der Waals surface area contributed by atoms with Crippen LogP contribution >= 0.6 is 0 Å². The van der Waals surface area contributed by atoms with Crippen molar-refractivity contribution in [2.75, 3.05) is 20.6 Å². The Labute approximate surface area is 225 Å². The number of nitrogens with zero attached hydrogens (tertiary/aromatic N) is 2. The lowest BCUT2D eigenvalue weighted by molar-refractivity contribution is -0.157. The summed E-state index contributed by atoms with van der Waals surface area (Å²) < 4.78 is 16.2. The first kappa shape index (κ1) is 27.5. The number of fused-ring (bicyclic) bond motifs is 3. The molecule has 7 unspecified atom stereocenters. The summed E-state index contributed by atoms with van der Waals surface area (Å²) in [4.78, 5) is 56.7. The van der Waals surface area contributed by atoms with Gasteiger partial charge in [-0.2, -0.15) is 0 Å². The van der Waals surface area contributed by atoms with E-state index in [2.05, 4.69) is 4.90 Å². The summed E-state index contributed by atoms with van der Waals surface area (Å²) >= 11 is 0. The van der Waals surface area contributed by atoms with E-state index < -0.39 is 75.8 Å². The fourth-order valence-electron chi connectivity index (χ4n) is 7.71. The van der Waals surface area contributed by atoms with Crippen molar-refractivity contribution < 1.29 is 33.8 Å². The van der Waals surface area contributed by atoms with Crippen molar-refractivity contribution in [1.82, 2.24) is 9.80 Å². The van der Waals surface area contributed by atoms with Gasteiger partial charge in [-0.25, -0.2) is 4.39 Å². The second-order valence-corrected chi connectivity index (χ2v) is 12.0. The Kier molecular flexibility index (Phi) is 6.55. The number of benzene rings is 1. The van der Waals surface area contributed by atoms with Crippen LogP contribution in [0.1, 0.15) is 60.6 Å². The minimum atomic E-state index is -2.58. The lowest BCUT2D eigenvalue weighted by Gasteiger charge is -2.53. The number of nitrogens with one attached hydrogen (secondary N) is 1. The van der Waals surface area contributed by atoms with Crippen molar-refractivity contribution in [2.24, 2.45) is 29.4 Å². The van der Waals surface area contributed by atoms with Crippen LogP contribution in [0, 0.1) is 34.9 Å². The number of ketones is 3. The van der Waals surface area contributed by atoms with Crippen molar-refractivity contribution in [3.63, 3.8) is 0 Å². The molecule has 1 aromatic carbocycles. The largest absolute Gasteiger partial charge is 0.507 e. The number of phenolic OH excluding ortho intramolecular Hbond substituents is 1. The molecule has 1 amide bonds. The first-order valence-electron chi connectivity index (χ1n) is 13.4. The zero-order chi connectivity index (χ0) is 28.7. The van der Waals surface area contributed by atoms with Gasteiger partial charge in [0.05, 0.1) is 23.2 Å². The highest BCUT2D eigenvalue weighted by molar-refractivity contribution is 6.33. The van der Waals surface area contributed by atoms with Crippen molar-refractivity contribution in [2.45, 2.75) is 63.3 Å². The number of hydrogen-bond donors (Lipinski definition) is 4. The van der Waals surface area contributed by atoms with E-state index in [1.165, 1.54) is 11.0 Å². The maximum Gasteiger partial charge on any atom is 0.233 e. The molecule has 3 fully saturated rings. The molecule has 5 rings (SSSR count). The number of amides is 1. The summed E-state index contributed by atoms with van der Waals surface area (Å²) in [5, 5.41) is 31.2. The summed E-state index contributed by atoms with van der Waals surface area (Å²) in [5.41, 5.74) is 2.07. The molecule has 1 saturated heterocycles. The number of rotatable bonds is 4. The molecule has 1 heterocycles. The highest BCUT2D eigenvalue weighted by Crippen LogP contribution is 2.52. The number of primary amides is 1. The number of halogens is 1. The number of aromatic hydroxyl groups is 1. The third-order valence-corrected chi connectivity index (χ3v) is 9.40. The number of likely N-dealkylation sites (N-methyl/N-ethyl adjacent to an activating group) is 1. The number of likely N-dealkylation sites (tertiary alicyclic amines) is 1. The molecule has 4 aliphatic rings. The van der Waals surface area contributed by atoms with E-state index >= 15 is 4.39 Å². The first-order valence-corrected chi connectivity index (χ1v) is 13.4. The van der Waals surface area contributed by atoms with Crippen LogP contribution in [0.5, 0.6) is 5.75 Å². The zero-order valence-electron chi connectivity index (χ0n) is 22.5. The fraction of sp³-hybridized carbons (Fsp3) is 0.607. The maximum atomic E-state index is 16.2. The molecular weight excluding hydrogens is 507 g/mol. The summed E-state index contributed by atoms with van der Waals surface area (Å²) in [6.07, 6.45) is 1.49. The van der Waals surface area contributed by atoms with Gasteiger partial charge in [0.1, 0.15) is 17.5 Å². The van der Waals surface area contributed by atoms with Crippen LogP contribution in [0.4, 0.5) is 4.39 Å². The van der Waals surface area contributed by atoms with Crippen LogP contribution in [-0.4, -0.2) is 87.3 Å². The second-order valence-electron chi connectivity index (χ2n) is 12.0. The van der Waals surface area contributed by atoms with Crippen LogP contribution in [0.3, 0.4) is 0 Å². The monoisotopic (exact) mass is 542 g/mol. The predicted octanol–water partition coefficient (Wildman–Crippen LogP) is 1.00. The Morgan fingerprint density at radius 2 is 1.95 bits per heavy atom. The third kappa shape index (κ3) is 3.73. The Bertz CT molecular complexity index is 1310. The van der Waals surface area contributed by atoms with Gasteiger partial charge in [-0.05, 0) is 72.2 Å². The van der Waals surface area contributed by atoms with Crippen LogP contribution in [-0.2, 0) is 20.8 Å². The molecule has 0 spiro atoms. The SMILES string of the molecule is CC(C)N1CCCC1c1cc(O)c2c(c1F)CC1CC3C(N(C)C)C(=O)C(C(N)=O)C(=N)C3(O)C(=O)C1C2=O. The molecule has 2 saturated carbocycles. The van der Waals surface area contributed by atoms with Crippen molar-refractivity contribution in [1.29, 1.82) is 5.41 Å². The van der Waals surface area contributed by atoms with Gasteiger partial charge in [0.2, 0.25) is 5.91 Å².